The van der Waals surface area contributed by atoms with Crippen LogP contribution in [0.5, 0.6) is 5.75 Å². The summed E-state index contributed by atoms with van der Waals surface area (Å²) in [6.07, 6.45) is 2.69. The van der Waals surface area contributed by atoms with Crippen LogP contribution >= 0.6 is 11.6 Å². The molecule has 0 saturated heterocycles. The Labute approximate surface area is 169 Å². The fourth-order valence-electron chi connectivity index (χ4n) is 3.21. The summed E-state index contributed by atoms with van der Waals surface area (Å²) in [7, 11) is 0. The molecule has 0 spiro atoms. The van der Waals surface area contributed by atoms with Crippen molar-refractivity contribution >= 4 is 34.8 Å². The normalized spacial score (nSPS) is 14.0. The van der Waals surface area contributed by atoms with E-state index in [0.717, 1.165) is 40.1 Å². The van der Waals surface area contributed by atoms with E-state index >= 15 is 0 Å². The van der Waals surface area contributed by atoms with E-state index in [2.05, 4.69) is 5.32 Å². The number of hydrogen-bond acceptors (Lipinski definition) is 2. The van der Waals surface area contributed by atoms with Crippen molar-refractivity contribution < 1.29 is 9.53 Å². The van der Waals surface area contributed by atoms with Crippen molar-refractivity contribution in [1.29, 1.82) is 0 Å². The lowest BCUT2D eigenvalue weighted by Crippen LogP contribution is -2.03. The molecular formula is C24H20ClNO2. The minimum absolute atomic E-state index is 0.0811. The van der Waals surface area contributed by atoms with E-state index in [9.17, 15) is 4.79 Å². The molecule has 1 heterocycles. The fourth-order valence-corrected chi connectivity index (χ4v) is 3.43. The summed E-state index contributed by atoms with van der Waals surface area (Å²) in [5.74, 6) is 1.28. The molecule has 0 radical (unpaired) electrons. The second-order valence-corrected chi connectivity index (χ2v) is 7.05. The molecule has 0 saturated carbocycles. The van der Waals surface area contributed by atoms with Crippen LogP contribution < -0.4 is 10.1 Å². The highest BCUT2D eigenvalue weighted by molar-refractivity contribution is 6.35. The molecule has 0 unspecified atom stereocenters. The second kappa shape index (κ2) is 8.32. The molecular weight excluding hydrogens is 370 g/mol. The van der Waals surface area contributed by atoms with Gasteiger partial charge in [-0.2, -0.15) is 0 Å². The monoisotopic (exact) mass is 389 g/mol. The first-order valence-corrected chi connectivity index (χ1v) is 9.75. The van der Waals surface area contributed by atoms with Crippen LogP contribution in [-0.4, -0.2) is 11.8 Å². The van der Waals surface area contributed by atoms with Gasteiger partial charge in [0, 0.05) is 22.7 Å². The summed E-state index contributed by atoms with van der Waals surface area (Å²) in [4.78, 5) is 12.4. The van der Waals surface area contributed by atoms with Crippen LogP contribution in [-0.2, 0) is 17.8 Å². The molecule has 3 nitrogen and oxygen atoms in total. The Morgan fingerprint density at radius 3 is 2.46 bits per heavy atom. The fraction of sp³-hybridized carbons (Fsp3) is 0.125. The van der Waals surface area contributed by atoms with Crippen LogP contribution in [0.4, 0.5) is 5.69 Å². The summed E-state index contributed by atoms with van der Waals surface area (Å²) in [6, 6.07) is 23.8. The van der Waals surface area contributed by atoms with E-state index in [1.54, 1.807) is 0 Å². The van der Waals surface area contributed by atoms with Crippen LogP contribution in [0, 0.1) is 0 Å². The maximum absolute atomic E-state index is 12.4. The van der Waals surface area contributed by atoms with Crippen molar-refractivity contribution in [3.8, 4) is 5.75 Å². The third-order valence-electron chi connectivity index (χ3n) is 4.69. The van der Waals surface area contributed by atoms with E-state index in [1.165, 1.54) is 0 Å². The minimum Gasteiger partial charge on any atom is -0.489 e. The van der Waals surface area contributed by atoms with Crippen molar-refractivity contribution in [3.63, 3.8) is 0 Å². The highest BCUT2D eigenvalue weighted by Gasteiger charge is 2.24. The zero-order valence-corrected chi connectivity index (χ0v) is 16.1. The minimum atomic E-state index is -0.0811. The number of benzene rings is 3. The van der Waals surface area contributed by atoms with Crippen molar-refractivity contribution in [2.75, 3.05) is 11.2 Å². The molecule has 0 bridgehead atoms. The number of ether oxygens (including phenoxy) is 1. The molecule has 1 aliphatic heterocycles. The van der Waals surface area contributed by atoms with Gasteiger partial charge in [0.2, 0.25) is 0 Å². The lowest BCUT2D eigenvalue weighted by Gasteiger charge is -2.07. The predicted octanol–water partition coefficient (Wildman–Crippen LogP) is 5.54. The quantitative estimate of drug-likeness (QED) is 0.444. The van der Waals surface area contributed by atoms with Gasteiger partial charge in [-0.15, -0.1) is 11.6 Å². The van der Waals surface area contributed by atoms with E-state index in [0.29, 0.717) is 18.1 Å². The summed E-state index contributed by atoms with van der Waals surface area (Å²) < 4.78 is 5.82. The van der Waals surface area contributed by atoms with Gasteiger partial charge < -0.3 is 10.1 Å². The number of anilines is 1. The van der Waals surface area contributed by atoms with Gasteiger partial charge >= 0.3 is 0 Å². The lowest BCUT2D eigenvalue weighted by atomic mass is 10.0. The molecule has 3 aromatic carbocycles. The Bertz CT molecular complexity index is 1010. The first kappa shape index (κ1) is 18.3. The van der Waals surface area contributed by atoms with Crippen LogP contribution in [0.15, 0.2) is 72.8 Å². The van der Waals surface area contributed by atoms with Gasteiger partial charge in [-0.25, -0.2) is 0 Å². The first-order chi connectivity index (χ1) is 13.7. The molecule has 1 amide bonds. The van der Waals surface area contributed by atoms with Crippen LogP contribution in [0.2, 0.25) is 0 Å². The number of nitrogens with one attached hydrogen (secondary N) is 1. The Morgan fingerprint density at radius 2 is 1.71 bits per heavy atom. The molecule has 0 aromatic heterocycles. The molecule has 1 N–H and O–H groups in total. The third kappa shape index (κ3) is 4.10. The number of carbonyl (C=O) groups excluding carboxylic acids is 1. The largest absolute Gasteiger partial charge is 0.489 e. The number of amides is 1. The van der Waals surface area contributed by atoms with Gasteiger partial charge in [-0.05, 0) is 53.5 Å². The molecule has 0 atom stereocenters. The molecule has 0 fully saturated rings. The average molecular weight is 390 g/mol. The Balaban J connectivity index is 1.51. The number of aryl methyl sites for hydroxylation is 1. The van der Waals surface area contributed by atoms with Crippen LogP contribution in [0.3, 0.4) is 0 Å². The number of halogens is 1. The summed E-state index contributed by atoms with van der Waals surface area (Å²) >= 11 is 5.85. The van der Waals surface area contributed by atoms with Crippen molar-refractivity contribution in [1.82, 2.24) is 0 Å². The number of fused-ring (bicyclic) bond motifs is 1. The second-order valence-electron chi connectivity index (χ2n) is 6.67. The number of alkyl halides is 1. The average Bonchev–Trinajstić information content (AvgIpc) is 3.03. The first-order valence-electron chi connectivity index (χ1n) is 9.22. The number of hydrogen-bond donors (Lipinski definition) is 1. The van der Waals surface area contributed by atoms with Gasteiger partial charge in [0.25, 0.3) is 5.91 Å². The van der Waals surface area contributed by atoms with Crippen LogP contribution in [0.1, 0.15) is 22.3 Å². The smallest absolute Gasteiger partial charge is 0.256 e. The standard InChI is InChI=1S/C24H20ClNO2/c25-13-12-18-8-11-23-21(14-18)22(24(27)26-23)15-17-6-9-20(10-7-17)28-16-19-4-2-1-3-5-19/h1-11,14-15H,12-13,16H2,(H,26,27). The third-order valence-corrected chi connectivity index (χ3v) is 4.88. The maximum atomic E-state index is 12.4. The van der Waals surface area contributed by atoms with Gasteiger partial charge in [0.05, 0.1) is 0 Å². The van der Waals surface area contributed by atoms with Gasteiger partial charge in [0.1, 0.15) is 12.4 Å². The molecule has 3 aromatic rings. The Hall–Kier alpha value is -3.04. The van der Waals surface area contributed by atoms with Gasteiger partial charge in [-0.1, -0.05) is 48.5 Å². The lowest BCUT2D eigenvalue weighted by molar-refractivity contribution is -0.110. The summed E-state index contributed by atoms with van der Waals surface area (Å²) in [5, 5.41) is 2.92. The molecule has 1 aliphatic rings. The summed E-state index contributed by atoms with van der Waals surface area (Å²) in [6.45, 7) is 0.528. The van der Waals surface area contributed by atoms with Crippen molar-refractivity contribution in [2.45, 2.75) is 13.0 Å². The molecule has 140 valence electrons. The van der Waals surface area contributed by atoms with E-state index in [4.69, 9.17) is 16.3 Å². The number of rotatable bonds is 6. The highest BCUT2D eigenvalue weighted by Crippen LogP contribution is 2.34. The van der Waals surface area contributed by atoms with Crippen LogP contribution in [0.25, 0.3) is 11.6 Å². The topological polar surface area (TPSA) is 38.3 Å². The van der Waals surface area contributed by atoms with Gasteiger partial charge in [-0.3, -0.25) is 4.79 Å². The maximum Gasteiger partial charge on any atom is 0.256 e. The van der Waals surface area contributed by atoms with Crippen molar-refractivity contribution in [2.24, 2.45) is 0 Å². The number of carbonyl (C=O) groups is 1. The van der Waals surface area contributed by atoms with E-state index in [1.807, 2.05) is 78.9 Å². The Morgan fingerprint density at radius 1 is 0.929 bits per heavy atom. The van der Waals surface area contributed by atoms with E-state index < -0.39 is 0 Å². The molecule has 4 heteroatoms. The highest BCUT2D eigenvalue weighted by atomic mass is 35.5. The van der Waals surface area contributed by atoms with Crippen molar-refractivity contribution in [3.05, 3.63) is 95.1 Å². The summed E-state index contributed by atoms with van der Waals surface area (Å²) in [5.41, 5.74) is 5.65. The molecule has 4 rings (SSSR count). The molecule has 0 aliphatic carbocycles. The molecule has 28 heavy (non-hydrogen) atoms. The zero-order chi connectivity index (χ0) is 19.3. The SMILES string of the molecule is O=C1Nc2ccc(CCCl)cc2C1=Cc1ccc(OCc2ccccc2)cc1. The Kier molecular flexibility index (Phi) is 5.45. The predicted molar refractivity (Wildman–Crippen MR) is 115 cm³/mol. The van der Waals surface area contributed by atoms with E-state index in [-0.39, 0.29) is 5.91 Å². The van der Waals surface area contributed by atoms with Gasteiger partial charge in [0.15, 0.2) is 0 Å². The zero-order valence-electron chi connectivity index (χ0n) is 15.3.